The first kappa shape index (κ1) is 14.1. The molecule has 94 valence electrons. The maximum Gasteiger partial charge on any atom is 0.229 e. The number of carbonyl (C=O) groups excluding carboxylic acids is 1. The lowest BCUT2D eigenvalue weighted by molar-refractivity contribution is -0.126. The summed E-state index contributed by atoms with van der Waals surface area (Å²) >= 11 is 11.9. The molecule has 0 aromatic carbocycles. The molecule has 1 amide bonds. The Morgan fingerprint density at radius 1 is 1.44 bits per heavy atom. The van der Waals surface area contributed by atoms with E-state index in [0.717, 1.165) is 12.8 Å². The lowest BCUT2D eigenvalue weighted by Crippen LogP contribution is -2.39. The third-order valence-corrected chi connectivity index (χ3v) is 4.48. The topological polar surface area (TPSA) is 29.1 Å². The quantitative estimate of drug-likeness (QED) is 0.577. The molecule has 1 saturated carbocycles. The van der Waals surface area contributed by atoms with E-state index in [4.69, 9.17) is 23.2 Å². The maximum absolute atomic E-state index is 11.9. The number of nitrogens with one attached hydrogen (secondary N) is 1. The fraction of sp³-hybridized carbons (Fsp3) is 0.917. The summed E-state index contributed by atoms with van der Waals surface area (Å²) in [6, 6.07) is 0.209. The van der Waals surface area contributed by atoms with Gasteiger partial charge in [-0.3, -0.25) is 4.79 Å². The molecule has 0 heterocycles. The molecule has 1 fully saturated rings. The van der Waals surface area contributed by atoms with Gasteiger partial charge in [-0.05, 0) is 26.7 Å². The van der Waals surface area contributed by atoms with E-state index in [1.807, 2.05) is 13.8 Å². The first-order chi connectivity index (χ1) is 7.33. The van der Waals surface area contributed by atoms with Crippen LogP contribution in [-0.4, -0.2) is 16.3 Å². The third-order valence-electron chi connectivity index (χ3n) is 3.38. The zero-order valence-electron chi connectivity index (χ0n) is 10.3. The Morgan fingerprint density at radius 2 is 2.00 bits per heavy atom. The van der Waals surface area contributed by atoms with Crippen molar-refractivity contribution in [3.05, 3.63) is 0 Å². The molecule has 4 heteroatoms. The van der Waals surface area contributed by atoms with Crippen LogP contribution in [0.5, 0.6) is 0 Å². The van der Waals surface area contributed by atoms with E-state index < -0.39 is 9.75 Å². The monoisotopic (exact) mass is 265 g/mol. The van der Waals surface area contributed by atoms with Crippen molar-refractivity contribution in [2.45, 2.75) is 63.3 Å². The average molecular weight is 266 g/mol. The van der Waals surface area contributed by atoms with Gasteiger partial charge in [0.15, 0.2) is 0 Å². The van der Waals surface area contributed by atoms with Crippen molar-refractivity contribution in [1.29, 1.82) is 0 Å². The second kappa shape index (κ2) is 5.14. The number of halogens is 2. The van der Waals surface area contributed by atoms with Crippen molar-refractivity contribution in [2.24, 2.45) is 5.41 Å². The van der Waals surface area contributed by atoms with Gasteiger partial charge in [-0.2, -0.15) is 0 Å². The van der Waals surface area contributed by atoms with Gasteiger partial charge in [0.25, 0.3) is 0 Å². The summed E-state index contributed by atoms with van der Waals surface area (Å²) in [5.74, 6) is -0.0125. The van der Waals surface area contributed by atoms with E-state index in [0.29, 0.717) is 6.42 Å². The Labute approximate surface area is 108 Å². The maximum atomic E-state index is 11.9. The van der Waals surface area contributed by atoms with E-state index >= 15 is 0 Å². The van der Waals surface area contributed by atoms with E-state index in [9.17, 15) is 4.79 Å². The molecule has 2 atom stereocenters. The summed E-state index contributed by atoms with van der Waals surface area (Å²) in [6.45, 7) is 6.02. The van der Waals surface area contributed by atoms with Crippen molar-refractivity contribution in [3.63, 3.8) is 0 Å². The van der Waals surface area contributed by atoms with Gasteiger partial charge in [0.05, 0.1) is 5.41 Å². The van der Waals surface area contributed by atoms with Crippen LogP contribution in [0.4, 0.5) is 0 Å². The van der Waals surface area contributed by atoms with Crippen molar-refractivity contribution < 1.29 is 4.79 Å². The zero-order chi connectivity index (χ0) is 12.4. The van der Waals surface area contributed by atoms with Gasteiger partial charge in [-0.15, -0.1) is 23.2 Å². The van der Waals surface area contributed by atoms with Gasteiger partial charge < -0.3 is 5.32 Å². The number of hydrogen-bond acceptors (Lipinski definition) is 1. The molecular formula is C12H21Cl2NO. The van der Waals surface area contributed by atoms with Crippen LogP contribution >= 0.6 is 23.2 Å². The lowest BCUT2D eigenvalue weighted by Gasteiger charge is -2.18. The first-order valence-corrected chi connectivity index (χ1v) is 6.78. The smallest absolute Gasteiger partial charge is 0.229 e. The van der Waals surface area contributed by atoms with Crippen LogP contribution in [0, 0.1) is 5.41 Å². The summed E-state index contributed by atoms with van der Waals surface area (Å²) in [5, 5.41) is 2.99. The summed E-state index contributed by atoms with van der Waals surface area (Å²) in [4.78, 5) is 11.9. The molecule has 0 aromatic heterocycles. The van der Waals surface area contributed by atoms with Crippen LogP contribution in [0.2, 0.25) is 0 Å². The fourth-order valence-corrected chi connectivity index (χ4v) is 2.51. The fourth-order valence-electron chi connectivity index (χ4n) is 1.80. The number of unbranched alkanes of at least 4 members (excludes halogenated alkanes) is 2. The lowest BCUT2D eigenvalue weighted by atomic mass is 10.1. The molecule has 1 aliphatic rings. The molecule has 0 aliphatic heterocycles. The van der Waals surface area contributed by atoms with Gasteiger partial charge in [-0.25, -0.2) is 0 Å². The van der Waals surface area contributed by atoms with Gasteiger partial charge >= 0.3 is 0 Å². The van der Waals surface area contributed by atoms with E-state index in [-0.39, 0.29) is 11.9 Å². The van der Waals surface area contributed by atoms with E-state index in [2.05, 4.69) is 12.2 Å². The molecule has 0 aromatic rings. The molecule has 16 heavy (non-hydrogen) atoms. The molecule has 1 rings (SSSR count). The van der Waals surface area contributed by atoms with Crippen LogP contribution < -0.4 is 5.32 Å². The van der Waals surface area contributed by atoms with Gasteiger partial charge in [0.2, 0.25) is 5.91 Å². The first-order valence-electron chi connectivity index (χ1n) is 6.02. The molecule has 0 saturated heterocycles. The highest BCUT2D eigenvalue weighted by molar-refractivity contribution is 6.53. The van der Waals surface area contributed by atoms with Crippen LogP contribution in [0.3, 0.4) is 0 Å². The highest BCUT2D eigenvalue weighted by atomic mass is 35.5. The third kappa shape index (κ3) is 3.04. The van der Waals surface area contributed by atoms with Crippen molar-refractivity contribution in [1.82, 2.24) is 5.32 Å². The Bertz CT molecular complexity index is 268. The second-order valence-corrected chi connectivity index (χ2v) is 6.57. The standard InChI is InChI=1S/C12H21Cl2NO/c1-4-5-6-7-9(2)15-10(16)11(3)8-12(11,13)14/h9H,4-8H2,1-3H3,(H,15,16)/t9-,11+/m1/s1. The Balaban J connectivity index is 2.30. The molecule has 0 bridgehead atoms. The molecule has 1 N–H and O–H groups in total. The number of rotatable bonds is 6. The summed E-state index contributed by atoms with van der Waals surface area (Å²) in [6.07, 6.45) is 5.14. The normalized spacial score (nSPS) is 28.6. The molecule has 0 radical (unpaired) electrons. The predicted octanol–water partition coefficient (Wildman–Crippen LogP) is 3.66. The van der Waals surface area contributed by atoms with Crippen molar-refractivity contribution >= 4 is 29.1 Å². The van der Waals surface area contributed by atoms with Crippen LogP contribution in [0.1, 0.15) is 52.9 Å². The molecule has 1 aliphatic carbocycles. The molecule has 0 unspecified atom stereocenters. The SMILES string of the molecule is CCCCC[C@@H](C)NC(=O)[C@]1(C)CC1(Cl)Cl. The summed E-state index contributed by atoms with van der Waals surface area (Å²) < 4.78 is -0.861. The molecular weight excluding hydrogens is 245 g/mol. The predicted molar refractivity (Wildman–Crippen MR) is 68.9 cm³/mol. The minimum absolute atomic E-state index is 0.0125. The van der Waals surface area contributed by atoms with Crippen LogP contribution in [0.25, 0.3) is 0 Å². The van der Waals surface area contributed by atoms with Crippen LogP contribution in [0.15, 0.2) is 0 Å². The van der Waals surface area contributed by atoms with E-state index in [1.165, 1.54) is 12.8 Å². The van der Waals surface area contributed by atoms with E-state index in [1.54, 1.807) is 0 Å². The Hall–Kier alpha value is 0.0500. The minimum Gasteiger partial charge on any atom is -0.353 e. The molecule has 0 spiro atoms. The highest BCUT2D eigenvalue weighted by Gasteiger charge is 2.67. The number of amides is 1. The zero-order valence-corrected chi connectivity index (χ0v) is 11.8. The number of hydrogen-bond donors (Lipinski definition) is 1. The van der Waals surface area contributed by atoms with Crippen LogP contribution in [-0.2, 0) is 4.79 Å². The van der Waals surface area contributed by atoms with Gasteiger partial charge in [0, 0.05) is 6.04 Å². The van der Waals surface area contributed by atoms with Gasteiger partial charge in [-0.1, -0.05) is 26.2 Å². The Kier molecular flexibility index (Phi) is 4.53. The summed E-state index contributed by atoms with van der Waals surface area (Å²) in [7, 11) is 0. The minimum atomic E-state index is -0.861. The second-order valence-electron chi connectivity index (χ2n) is 5.08. The average Bonchev–Trinajstić information content (AvgIpc) is 2.68. The van der Waals surface area contributed by atoms with Crippen molar-refractivity contribution in [3.8, 4) is 0 Å². The number of alkyl halides is 2. The summed E-state index contributed by atoms with van der Waals surface area (Å²) in [5.41, 5.74) is -0.588. The molecule has 2 nitrogen and oxygen atoms in total. The Morgan fingerprint density at radius 3 is 2.44 bits per heavy atom. The highest BCUT2D eigenvalue weighted by Crippen LogP contribution is 2.63. The largest absolute Gasteiger partial charge is 0.353 e. The van der Waals surface area contributed by atoms with Crippen molar-refractivity contribution in [2.75, 3.05) is 0 Å². The van der Waals surface area contributed by atoms with Gasteiger partial charge in [0.1, 0.15) is 4.33 Å². The number of carbonyl (C=O) groups is 1.